The lowest BCUT2D eigenvalue weighted by molar-refractivity contribution is 0.585. The molecule has 3 aliphatic rings. The average Bonchev–Trinajstić information content (AvgIpc) is 3.94. The molecule has 0 bridgehead atoms. The molecule has 1 atom stereocenters. The van der Waals surface area contributed by atoms with Gasteiger partial charge >= 0.3 is 0 Å². The van der Waals surface area contributed by atoms with Gasteiger partial charge in [-0.3, -0.25) is 0 Å². The summed E-state index contributed by atoms with van der Waals surface area (Å²) in [6.45, 7) is 21.0. The van der Waals surface area contributed by atoms with Gasteiger partial charge in [-0.05, 0) is 136 Å². The van der Waals surface area contributed by atoms with Gasteiger partial charge in [0.2, 0.25) is 0 Å². The molecule has 3 aliphatic carbocycles. The second-order valence-corrected chi connectivity index (χ2v) is 22.9. The number of nitrogens with zero attached hydrogens (tertiary/aromatic N) is 1. The topological polar surface area (TPSA) is 3.24 Å². The first-order chi connectivity index (χ1) is 33.1. The Balaban J connectivity index is 1.19. The smallest absolute Gasteiger partial charge is 0.0734 e. The summed E-state index contributed by atoms with van der Waals surface area (Å²) in [7, 11) is 0. The summed E-state index contributed by atoms with van der Waals surface area (Å²) in [6, 6.07) is 79.4. The molecule has 0 fully saturated rings. The molecule has 69 heavy (non-hydrogen) atoms. The number of anilines is 3. The van der Waals surface area contributed by atoms with Gasteiger partial charge in [-0.15, -0.1) is 0 Å². The van der Waals surface area contributed by atoms with Crippen molar-refractivity contribution in [2.75, 3.05) is 4.90 Å². The number of benzene rings is 9. The van der Waals surface area contributed by atoms with Crippen molar-refractivity contribution in [3.05, 3.63) is 267 Å². The van der Waals surface area contributed by atoms with Crippen LogP contribution in [0.1, 0.15) is 124 Å². The highest BCUT2D eigenvalue weighted by molar-refractivity contribution is 5.98. The van der Waals surface area contributed by atoms with Crippen LogP contribution in [0, 0.1) is 0 Å². The zero-order chi connectivity index (χ0) is 47.7. The maximum Gasteiger partial charge on any atom is 0.0734 e. The minimum atomic E-state index is -0.654. The van der Waals surface area contributed by atoms with Gasteiger partial charge in [0.1, 0.15) is 0 Å². The normalized spacial score (nSPS) is 16.1. The number of rotatable bonds is 5. The van der Waals surface area contributed by atoms with Gasteiger partial charge < -0.3 is 4.90 Å². The molecule has 0 saturated carbocycles. The molecule has 1 unspecified atom stereocenters. The van der Waals surface area contributed by atoms with Crippen molar-refractivity contribution in [1.29, 1.82) is 0 Å². The molecule has 1 spiro atoms. The minimum Gasteiger partial charge on any atom is -0.310 e. The molecule has 338 valence electrons. The molecular formula is C68H61N. The van der Waals surface area contributed by atoms with Crippen molar-refractivity contribution in [3.8, 4) is 33.4 Å². The minimum absolute atomic E-state index is 0.0194. The van der Waals surface area contributed by atoms with Crippen molar-refractivity contribution in [2.45, 2.75) is 89.4 Å². The van der Waals surface area contributed by atoms with Gasteiger partial charge in [-0.2, -0.15) is 0 Å². The van der Waals surface area contributed by atoms with Crippen LogP contribution in [-0.4, -0.2) is 0 Å². The third-order valence-corrected chi connectivity index (χ3v) is 15.8. The van der Waals surface area contributed by atoms with Crippen LogP contribution in [0.2, 0.25) is 0 Å². The molecule has 1 heteroatoms. The molecule has 1 nitrogen and oxygen atoms in total. The van der Waals surface area contributed by atoms with Gasteiger partial charge in [0, 0.05) is 16.9 Å². The maximum atomic E-state index is 2.57. The zero-order valence-corrected chi connectivity index (χ0v) is 41.6. The summed E-state index contributed by atoms with van der Waals surface area (Å²) in [5.74, 6) is 0. The maximum absolute atomic E-state index is 2.57. The highest BCUT2D eigenvalue weighted by Gasteiger charge is 2.53. The fraction of sp³-hybridized carbons (Fsp3) is 0.206. The Morgan fingerprint density at radius 3 is 1.26 bits per heavy atom. The van der Waals surface area contributed by atoms with Crippen LogP contribution in [-0.2, 0) is 27.1 Å². The van der Waals surface area contributed by atoms with E-state index in [-0.39, 0.29) is 16.2 Å². The molecule has 0 radical (unpaired) electrons. The van der Waals surface area contributed by atoms with E-state index in [9.17, 15) is 0 Å². The van der Waals surface area contributed by atoms with E-state index in [0.29, 0.717) is 0 Å². The van der Waals surface area contributed by atoms with E-state index in [1.165, 1.54) is 100 Å². The first kappa shape index (κ1) is 43.1. The van der Waals surface area contributed by atoms with Crippen molar-refractivity contribution in [1.82, 2.24) is 0 Å². The first-order valence-electron chi connectivity index (χ1n) is 24.9. The third-order valence-electron chi connectivity index (χ3n) is 15.8. The van der Waals surface area contributed by atoms with E-state index < -0.39 is 10.8 Å². The quantitative estimate of drug-likeness (QED) is 0.166. The molecule has 12 rings (SSSR count). The van der Waals surface area contributed by atoms with Crippen LogP contribution < -0.4 is 4.90 Å². The van der Waals surface area contributed by atoms with Gasteiger partial charge in [0.25, 0.3) is 0 Å². The predicted molar refractivity (Wildman–Crippen MR) is 291 cm³/mol. The van der Waals surface area contributed by atoms with Crippen LogP contribution in [0.3, 0.4) is 0 Å². The van der Waals surface area contributed by atoms with Gasteiger partial charge in [-0.25, -0.2) is 0 Å². The zero-order valence-electron chi connectivity index (χ0n) is 41.6. The van der Waals surface area contributed by atoms with Crippen molar-refractivity contribution in [2.24, 2.45) is 0 Å². The van der Waals surface area contributed by atoms with Crippen LogP contribution in [0.25, 0.3) is 33.4 Å². The van der Waals surface area contributed by atoms with Crippen LogP contribution in [0.4, 0.5) is 17.1 Å². The van der Waals surface area contributed by atoms with E-state index in [1.54, 1.807) is 0 Å². The fourth-order valence-corrected chi connectivity index (χ4v) is 12.5. The molecule has 0 aromatic heterocycles. The monoisotopic (exact) mass is 891 g/mol. The van der Waals surface area contributed by atoms with Crippen molar-refractivity contribution >= 4 is 17.1 Å². The predicted octanol–water partition coefficient (Wildman–Crippen LogP) is 17.8. The Kier molecular flexibility index (Phi) is 9.45. The molecule has 0 aliphatic heterocycles. The summed E-state index contributed by atoms with van der Waals surface area (Å²) in [5, 5.41) is 0. The third kappa shape index (κ3) is 6.22. The Bertz CT molecular complexity index is 3440. The Hall–Kier alpha value is -7.22. The van der Waals surface area contributed by atoms with Crippen LogP contribution in [0.5, 0.6) is 0 Å². The van der Waals surface area contributed by atoms with Crippen molar-refractivity contribution in [3.63, 3.8) is 0 Å². The first-order valence-corrected chi connectivity index (χ1v) is 24.9. The van der Waals surface area contributed by atoms with E-state index in [1.807, 2.05) is 0 Å². The van der Waals surface area contributed by atoms with Crippen LogP contribution in [0.15, 0.2) is 206 Å². The Labute approximate surface area is 410 Å². The van der Waals surface area contributed by atoms with Gasteiger partial charge in [0.15, 0.2) is 0 Å². The SMILES string of the molecule is CC(C)(C)c1cccc(C2(c3cccc(C(C)(C)C)c3)c3ccccc3-c3cccc(N(c4ccccc4)c4ccc5c(c4)C4(c6ccccc6-5)c5ccccc5-c5ccc(C(C)(C)C)cc54)c32)c1. The van der Waals surface area contributed by atoms with Gasteiger partial charge in [-0.1, -0.05) is 238 Å². The van der Waals surface area contributed by atoms with Crippen LogP contribution >= 0.6 is 0 Å². The number of para-hydroxylation sites is 1. The molecule has 0 N–H and O–H groups in total. The summed E-state index contributed by atoms with van der Waals surface area (Å²) in [4.78, 5) is 2.57. The lowest BCUT2D eigenvalue weighted by Crippen LogP contribution is -2.31. The molecular weight excluding hydrogens is 831 g/mol. The Morgan fingerprint density at radius 2 is 0.710 bits per heavy atom. The number of hydrogen-bond acceptors (Lipinski definition) is 1. The summed E-state index contributed by atoms with van der Waals surface area (Å²) in [5.41, 5.74) is 24.5. The molecule has 9 aromatic carbocycles. The van der Waals surface area contributed by atoms with E-state index in [4.69, 9.17) is 0 Å². The standard InChI is InChI=1S/C68H61N/c1-64(2,3)44-22-19-24-47(40-44)67(48-25-20-23-45(41-48)65(4,5)6)57-32-16-15-30-53(57)56-31-21-35-62(63(56)67)69(49-26-11-10-12-27-49)50-37-39-55-52-29-14-18-34-59(52)68(61(55)43-50)58-33-17-13-28-51(58)54-38-36-46(42-60(54)68)66(7,8)9/h10-43H,1-9H3. The highest BCUT2D eigenvalue weighted by atomic mass is 15.1. The summed E-state index contributed by atoms with van der Waals surface area (Å²) < 4.78 is 0. The molecule has 0 heterocycles. The second kappa shape index (κ2) is 15.1. The largest absolute Gasteiger partial charge is 0.310 e. The number of fused-ring (bicyclic) bond motifs is 13. The Morgan fingerprint density at radius 1 is 0.290 bits per heavy atom. The lowest BCUT2D eigenvalue weighted by atomic mass is 9.65. The fourth-order valence-electron chi connectivity index (χ4n) is 12.5. The summed E-state index contributed by atoms with van der Waals surface area (Å²) in [6.07, 6.45) is 0. The molecule has 9 aromatic rings. The highest BCUT2D eigenvalue weighted by Crippen LogP contribution is 2.65. The molecule has 0 saturated heterocycles. The lowest BCUT2D eigenvalue weighted by Gasteiger charge is -2.39. The van der Waals surface area contributed by atoms with Gasteiger partial charge in [0.05, 0.1) is 16.5 Å². The average molecular weight is 892 g/mol. The second-order valence-electron chi connectivity index (χ2n) is 22.9. The number of hydrogen-bond donors (Lipinski definition) is 0. The molecule has 0 amide bonds. The van der Waals surface area contributed by atoms with E-state index in [2.05, 4.69) is 273 Å². The van der Waals surface area contributed by atoms with E-state index >= 15 is 0 Å². The van der Waals surface area contributed by atoms with E-state index in [0.717, 1.165) is 11.4 Å². The van der Waals surface area contributed by atoms with Crippen molar-refractivity contribution < 1.29 is 0 Å². The summed E-state index contributed by atoms with van der Waals surface area (Å²) >= 11 is 0.